The molecule has 4 N–H and O–H groups in total. The summed E-state index contributed by atoms with van der Waals surface area (Å²) in [5, 5.41) is 16.2. The highest BCUT2D eigenvalue weighted by molar-refractivity contribution is 7.99. The number of phenolic OH excluding ortho intramolecular Hbond substituents is 1. The molecule has 0 spiro atoms. The Hall–Kier alpha value is -1.85. The van der Waals surface area contributed by atoms with Gasteiger partial charge < -0.3 is 15.6 Å². The molecule has 19 heavy (non-hydrogen) atoms. The monoisotopic (exact) mass is 296 g/mol. The number of nitrogens with two attached hydrogens (primary N) is 1. The van der Waals surface area contributed by atoms with E-state index >= 15 is 0 Å². The first kappa shape index (κ1) is 15.2. The Kier molecular flexibility index (Phi) is 5.54. The highest BCUT2D eigenvalue weighted by Crippen LogP contribution is 2.29. The largest absolute Gasteiger partial charge is 0.508 e. The summed E-state index contributed by atoms with van der Waals surface area (Å²) in [5.41, 5.74) is 5.13. The molecule has 2 rings (SSSR count). The van der Waals surface area contributed by atoms with Crippen LogP contribution in [0.1, 0.15) is 0 Å². The zero-order valence-electron chi connectivity index (χ0n) is 9.87. The van der Waals surface area contributed by atoms with Crippen molar-refractivity contribution in [3.63, 3.8) is 0 Å². The molecule has 6 heteroatoms. The normalized spacial score (nSPS) is 9.47. The van der Waals surface area contributed by atoms with Gasteiger partial charge in [0.05, 0.1) is 0 Å². The van der Waals surface area contributed by atoms with Crippen molar-refractivity contribution >= 4 is 30.2 Å². The lowest BCUT2D eigenvalue weighted by Crippen LogP contribution is -2.17. The van der Waals surface area contributed by atoms with E-state index in [1.54, 1.807) is 36.0 Å². The molecule has 0 fully saturated rings. The third-order valence-electron chi connectivity index (χ3n) is 2.12. The van der Waals surface area contributed by atoms with Crippen LogP contribution in [0.25, 0.3) is 0 Å². The Morgan fingerprint density at radius 2 is 1.47 bits per heavy atom. The maximum Gasteiger partial charge on any atom is 0.284 e. The van der Waals surface area contributed by atoms with Gasteiger partial charge in [-0.05, 0) is 48.5 Å². The molecule has 0 atom stereocenters. The van der Waals surface area contributed by atoms with Gasteiger partial charge in [-0.2, -0.15) is 0 Å². The smallest absolute Gasteiger partial charge is 0.284 e. The van der Waals surface area contributed by atoms with Crippen molar-refractivity contribution in [2.24, 2.45) is 5.73 Å². The SMILES string of the molecule is Cl.N=C(N)Oc1ccc(Sc2ccc(O)cc2)cc1. The minimum absolute atomic E-state index is 0. The van der Waals surface area contributed by atoms with Gasteiger partial charge in [0.2, 0.25) is 0 Å². The first-order chi connectivity index (χ1) is 8.63. The molecule has 4 nitrogen and oxygen atoms in total. The molecule has 0 radical (unpaired) electrons. The molecule has 0 saturated heterocycles. The van der Waals surface area contributed by atoms with Crippen molar-refractivity contribution in [1.29, 1.82) is 5.41 Å². The van der Waals surface area contributed by atoms with Gasteiger partial charge in [0.25, 0.3) is 6.02 Å². The van der Waals surface area contributed by atoms with Crippen molar-refractivity contribution in [2.45, 2.75) is 9.79 Å². The lowest BCUT2D eigenvalue weighted by Gasteiger charge is -2.04. The Balaban J connectivity index is 0.00000180. The first-order valence-corrected chi connectivity index (χ1v) is 6.04. The number of ether oxygens (including phenoxy) is 1. The van der Waals surface area contributed by atoms with Crippen LogP contribution in [-0.2, 0) is 0 Å². The Labute approximate surface area is 121 Å². The molecular formula is C13H13ClN2O2S. The summed E-state index contributed by atoms with van der Waals surface area (Å²) in [6.45, 7) is 0. The molecule has 0 aromatic heterocycles. The number of nitrogens with one attached hydrogen (secondary N) is 1. The second kappa shape index (κ2) is 6.92. The van der Waals surface area contributed by atoms with Crippen LogP contribution < -0.4 is 10.5 Å². The van der Waals surface area contributed by atoms with Crippen molar-refractivity contribution in [2.75, 3.05) is 0 Å². The quantitative estimate of drug-likeness (QED) is 0.600. The molecule has 2 aromatic carbocycles. The molecular weight excluding hydrogens is 284 g/mol. The molecule has 0 aliphatic carbocycles. The predicted molar refractivity (Wildman–Crippen MR) is 78.5 cm³/mol. The van der Waals surface area contributed by atoms with E-state index in [2.05, 4.69) is 0 Å². The lowest BCUT2D eigenvalue weighted by molar-refractivity contribution is 0.475. The van der Waals surface area contributed by atoms with Crippen LogP contribution >= 0.6 is 24.2 Å². The summed E-state index contributed by atoms with van der Waals surface area (Å²) in [4.78, 5) is 2.07. The Morgan fingerprint density at radius 1 is 1.00 bits per heavy atom. The van der Waals surface area contributed by atoms with E-state index in [1.807, 2.05) is 24.3 Å². The summed E-state index contributed by atoms with van der Waals surface area (Å²) >= 11 is 1.57. The number of aromatic hydroxyl groups is 1. The second-order valence-corrected chi connectivity index (χ2v) is 4.68. The first-order valence-electron chi connectivity index (χ1n) is 5.22. The van der Waals surface area contributed by atoms with Gasteiger partial charge in [0.1, 0.15) is 11.5 Å². The molecule has 0 saturated carbocycles. The zero-order chi connectivity index (χ0) is 13.0. The van der Waals surface area contributed by atoms with Gasteiger partial charge in [0, 0.05) is 9.79 Å². The fraction of sp³-hybridized carbons (Fsp3) is 0. The maximum absolute atomic E-state index is 9.19. The Morgan fingerprint density at radius 3 is 1.95 bits per heavy atom. The molecule has 0 bridgehead atoms. The van der Waals surface area contributed by atoms with Crippen LogP contribution in [0.15, 0.2) is 58.3 Å². The lowest BCUT2D eigenvalue weighted by atomic mass is 10.3. The van der Waals surface area contributed by atoms with E-state index in [0.717, 1.165) is 9.79 Å². The van der Waals surface area contributed by atoms with Gasteiger partial charge in [-0.1, -0.05) is 11.8 Å². The molecule has 0 amide bonds. The molecule has 0 unspecified atom stereocenters. The van der Waals surface area contributed by atoms with Crippen molar-refractivity contribution < 1.29 is 9.84 Å². The summed E-state index contributed by atoms with van der Waals surface area (Å²) in [6.07, 6.45) is 0. The Bertz CT molecular complexity index is 544. The number of phenols is 1. The highest BCUT2D eigenvalue weighted by atomic mass is 35.5. The number of hydrogen-bond donors (Lipinski definition) is 3. The van der Waals surface area contributed by atoms with Gasteiger partial charge >= 0.3 is 0 Å². The number of rotatable bonds is 3. The second-order valence-electron chi connectivity index (χ2n) is 3.53. The number of hydrogen-bond acceptors (Lipinski definition) is 4. The number of amidine groups is 1. The highest BCUT2D eigenvalue weighted by Gasteiger charge is 2.00. The number of halogens is 1. The third-order valence-corrected chi connectivity index (χ3v) is 3.14. The molecule has 100 valence electrons. The summed E-state index contributed by atoms with van der Waals surface area (Å²) in [6, 6.07) is 13.9. The molecule has 0 heterocycles. The van der Waals surface area contributed by atoms with Gasteiger partial charge in [-0.25, -0.2) is 0 Å². The topological polar surface area (TPSA) is 79.3 Å². The van der Waals surface area contributed by atoms with Gasteiger partial charge in [-0.3, -0.25) is 5.41 Å². The maximum atomic E-state index is 9.19. The summed E-state index contributed by atoms with van der Waals surface area (Å²) < 4.78 is 4.95. The summed E-state index contributed by atoms with van der Waals surface area (Å²) in [7, 11) is 0. The van der Waals surface area contributed by atoms with Crippen LogP contribution in [0.5, 0.6) is 11.5 Å². The van der Waals surface area contributed by atoms with Crippen molar-refractivity contribution in [1.82, 2.24) is 0 Å². The average molecular weight is 297 g/mol. The average Bonchev–Trinajstić information content (AvgIpc) is 2.34. The molecule has 0 aliphatic rings. The minimum Gasteiger partial charge on any atom is -0.508 e. The molecule has 0 aliphatic heterocycles. The van der Waals surface area contributed by atoms with E-state index in [9.17, 15) is 5.11 Å². The minimum atomic E-state index is -0.325. The van der Waals surface area contributed by atoms with Crippen LogP contribution in [0.2, 0.25) is 0 Å². The van der Waals surface area contributed by atoms with Gasteiger partial charge in [-0.15, -0.1) is 12.4 Å². The predicted octanol–water partition coefficient (Wildman–Crippen LogP) is 3.24. The van der Waals surface area contributed by atoms with E-state index < -0.39 is 0 Å². The van der Waals surface area contributed by atoms with Crippen LogP contribution in [0, 0.1) is 5.41 Å². The van der Waals surface area contributed by atoms with Gasteiger partial charge in [0.15, 0.2) is 0 Å². The third kappa shape index (κ3) is 4.73. The van der Waals surface area contributed by atoms with E-state index in [1.165, 1.54) is 0 Å². The van der Waals surface area contributed by atoms with Crippen LogP contribution in [0.4, 0.5) is 0 Å². The van der Waals surface area contributed by atoms with E-state index in [0.29, 0.717) is 5.75 Å². The van der Waals surface area contributed by atoms with Crippen LogP contribution in [0.3, 0.4) is 0 Å². The zero-order valence-corrected chi connectivity index (χ0v) is 11.5. The van der Waals surface area contributed by atoms with E-state index in [-0.39, 0.29) is 24.2 Å². The van der Waals surface area contributed by atoms with Crippen molar-refractivity contribution in [3.05, 3.63) is 48.5 Å². The summed E-state index contributed by atoms with van der Waals surface area (Å²) in [5.74, 6) is 0.794. The fourth-order valence-corrected chi connectivity index (χ4v) is 2.17. The fourth-order valence-electron chi connectivity index (χ4n) is 1.35. The van der Waals surface area contributed by atoms with Crippen LogP contribution in [-0.4, -0.2) is 11.1 Å². The molecule has 2 aromatic rings. The standard InChI is InChI=1S/C13H12N2O2S.ClH/c14-13(15)17-10-3-7-12(8-4-10)18-11-5-1-9(16)2-6-11;/h1-8,16H,(H3,14,15);1H. The number of benzene rings is 2. The van der Waals surface area contributed by atoms with Crippen molar-refractivity contribution in [3.8, 4) is 11.5 Å². The van der Waals surface area contributed by atoms with E-state index in [4.69, 9.17) is 15.9 Å².